The minimum Gasteiger partial charge on any atom is -0.497 e. The van der Waals surface area contributed by atoms with Gasteiger partial charge in [-0.2, -0.15) is 0 Å². The van der Waals surface area contributed by atoms with E-state index >= 15 is 0 Å². The monoisotopic (exact) mass is 574 g/mol. The molecular formula is C22H31IN4O4S. The molecule has 1 amide bonds. The lowest BCUT2D eigenvalue weighted by Gasteiger charge is -2.12. The number of halogens is 1. The lowest BCUT2D eigenvalue weighted by molar-refractivity contribution is -0.120. The standard InChI is InChI=1S/C22H30N4O4S.HI/c1-5-23-22(25-14-18-8-11-20(16(2)12-18)31(4,28)29)26-15-21(27)24-13-17-6-9-19(30-3)10-7-17;/h6-12H,5,13-15H2,1-4H3,(H,24,27)(H2,23,25,26);1H. The van der Waals surface area contributed by atoms with E-state index in [-0.39, 0.29) is 36.4 Å². The highest BCUT2D eigenvalue weighted by Gasteiger charge is 2.11. The van der Waals surface area contributed by atoms with Gasteiger partial charge in [-0.3, -0.25) is 4.79 Å². The number of hydrogen-bond acceptors (Lipinski definition) is 5. The van der Waals surface area contributed by atoms with Crippen LogP contribution in [-0.4, -0.2) is 46.7 Å². The summed E-state index contributed by atoms with van der Waals surface area (Å²) in [6.45, 7) is 5.20. The van der Waals surface area contributed by atoms with E-state index in [0.29, 0.717) is 36.1 Å². The van der Waals surface area contributed by atoms with Crippen LogP contribution in [0.4, 0.5) is 0 Å². The fraction of sp³-hybridized carbons (Fsp3) is 0.364. The molecule has 3 N–H and O–H groups in total. The van der Waals surface area contributed by atoms with Crippen LogP contribution in [0.3, 0.4) is 0 Å². The number of carbonyl (C=O) groups is 1. The van der Waals surface area contributed by atoms with Crippen molar-refractivity contribution >= 4 is 45.7 Å². The minimum atomic E-state index is -3.25. The number of rotatable bonds is 9. The van der Waals surface area contributed by atoms with Crippen LogP contribution in [0, 0.1) is 6.92 Å². The molecular weight excluding hydrogens is 543 g/mol. The third kappa shape index (κ3) is 9.03. The van der Waals surface area contributed by atoms with Crippen molar-refractivity contribution < 1.29 is 17.9 Å². The Balaban J connectivity index is 0.00000512. The fourth-order valence-corrected chi connectivity index (χ4v) is 3.87. The van der Waals surface area contributed by atoms with Gasteiger partial charge in [0.2, 0.25) is 5.91 Å². The van der Waals surface area contributed by atoms with Gasteiger partial charge in [0, 0.05) is 19.3 Å². The summed E-state index contributed by atoms with van der Waals surface area (Å²) in [5.41, 5.74) is 2.54. The van der Waals surface area contributed by atoms with Gasteiger partial charge in [0.05, 0.1) is 25.1 Å². The van der Waals surface area contributed by atoms with Crippen LogP contribution in [0.2, 0.25) is 0 Å². The SMILES string of the molecule is CCNC(=NCc1ccc(S(C)(=O)=O)c(C)c1)NCC(=O)NCc1ccc(OC)cc1.I. The van der Waals surface area contributed by atoms with Gasteiger partial charge in [-0.05, 0) is 48.7 Å². The van der Waals surface area contributed by atoms with Gasteiger partial charge >= 0.3 is 0 Å². The minimum absolute atomic E-state index is 0. The summed E-state index contributed by atoms with van der Waals surface area (Å²) >= 11 is 0. The molecule has 32 heavy (non-hydrogen) atoms. The maximum absolute atomic E-state index is 12.2. The number of carbonyl (C=O) groups excluding carboxylic acids is 1. The summed E-state index contributed by atoms with van der Waals surface area (Å²) in [6, 6.07) is 12.6. The Morgan fingerprint density at radius 2 is 1.69 bits per heavy atom. The van der Waals surface area contributed by atoms with E-state index in [4.69, 9.17) is 4.74 Å². The number of hydrogen-bond donors (Lipinski definition) is 3. The lowest BCUT2D eigenvalue weighted by Crippen LogP contribution is -2.43. The van der Waals surface area contributed by atoms with Crippen LogP contribution in [0.25, 0.3) is 0 Å². The van der Waals surface area contributed by atoms with Crippen molar-refractivity contribution in [3.63, 3.8) is 0 Å². The number of methoxy groups -OCH3 is 1. The van der Waals surface area contributed by atoms with Gasteiger partial charge in [-0.1, -0.05) is 24.3 Å². The lowest BCUT2D eigenvalue weighted by atomic mass is 10.1. The molecule has 0 atom stereocenters. The molecule has 2 rings (SSSR count). The molecule has 0 heterocycles. The number of ether oxygens (including phenoxy) is 1. The first-order chi connectivity index (χ1) is 14.7. The van der Waals surface area contributed by atoms with Crippen LogP contribution >= 0.6 is 24.0 Å². The predicted molar refractivity (Wildman–Crippen MR) is 137 cm³/mol. The van der Waals surface area contributed by atoms with E-state index in [1.54, 1.807) is 26.2 Å². The highest BCUT2D eigenvalue weighted by molar-refractivity contribution is 14.0. The van der Waals surface area contributed by atoms with Crippen molar-refractivity contribution in [2.75, 3.05) is 26.5 Å². The van der Waals surface area contributed by atoms with Crippen LogP contribution < -0.4 is 20.7 Å². The zero-order valence-electron chi connectivity index (χ0n) is 18.8. The highest BCUT2D eigenvalue weighted by Crippen LogP contribution is 2.17. The number of benzene rings is 2. The van der Waals surface area contributed by atoms with Gasteiger partial charge < -0.3 is 20.7 Å². The number of amides is 1. The Labute approximate surface area is 207 Å². The maximum atomic E-state index is 12.2. The van der Waals surface area contributed by atoms with Gasteiger partial charge in [-0.15, -0.1) is 24.0 Å². The van der Waals surface area contributed by atoms with Crippen LogP contribution in [-0.2, 0) is 27.7 Å². The molecule has 10 heteroatoms. The topological polar surface area (TPSA) is 109 Å². The number of aliphatic imine (C=N–C) groups is 1. The van der Waals surface area contributed by atoms with Gasteiger partial charge in [-0.25, -0.2) is 13.4 Å². The van der Waals surface area contributed by atoms with Crippen molar-refractivity contribution in [1.82, 2.24) is 16.0 Å². The smallest absolute Gasteiger partial charge is 0.239 e. The normalized spacial score (nSPS) is 11.3. The van der Waals surface area contributed by atoms with E-state index < -0.39 is 9.84 Å². The van der Waals surface area contributed by atoms with Crippen molar-refractivity contribution in [1.29, 1.82) is 0 Å². The number of aryl methyl sites for hydroxylation is 1. The average Bonchev–Trinajstić information content (AvgIpc) is 2.73. The predicted octanol–water partition coefficient (Wildman–Crippen LogP) is 2.40. The van der Waals surface area contributed by atoms with Crippen molar-refractivity contribution in [3.8, 4) is 5.75 Å². The summed E-state index contributed by atoms with van der Waals surface area (Å²) in [7, 11) is -1.64. The number of guanidine groups is 1. The molecule has 0 bridgehead atoms. The summed E-state index contributed by atoms with van der Waals surface area (Å²) in [4.78, 5) is 17.0. The third-order valence-electron chi connectivity index (χ3n) is 4.47. The number of nitrogens with one attached hydrogen (secondary N) is 3. The maximum Gasteiger partial charge on any atom is 0.239 e. The fourth-order valence-electron chi connectivity index (χ4n) is 2.91. The number of sulfone groups is 1. The Morgan fingerprint density at radius 1 is 1.03 bits per heavy atom. The van der Waals surface area contributed by atoms with E-state index in [2.05, 4.69) is 20.9 Å². The number of nitrogens with zero attached hydrogens (tertiary/aromatic N) is 1. The van der Waals surface area contributed by atoms with Crippen molar-refractivity contribution in [2.24, 2.45) is 4.99 Å². The van der Waals surface area contributed by atoms with Crippen molar-refractivity contribution in [2.45, 2.75) is 31.8 Å². The second-order valence-electron chi connectivity index (χ2n) is 7.05. The zero-order chi connectivity index (χ0) is 22.9. The molecule has 0 spiro atoms. The molecule has 0 saturated heterocycles. The van der Waals surface area contributed by atoms with Crippen LogP contribution in [0.15, 0.2) is 52.4 Å². The zero-order valence-corrected chi connectivity index (χ0v) is 21.9. The first kappa shape index (κ1) is 27.7. The first-order valence-electron chi connectivity index (χ1n) is 9.94. The largest absolute Gasteiger partial charge is 0.497 e. The molecule has 176 valence electrons. The molecule has 0 fully saturated rings. The average molecular weight is 574 g/mol. The molecule has 0 saturated carbocycles. The molecule has 2 aromatic rings. The second kappa shape index (κ2) is 13.3. The Bertz CT molecular complexity index is 1020. The Kier molecular flexibility index (Phi) is 11.5. The van der Waals surface area contributed by atoms with Gasteiger partial charge in [0.1, 0.15) is 5.75 Å². The van der Waals surface area contributed by atoms with E-state index in [9.17, 15) is 13.2 Å². The van der Waals surface area contributed by atoms with E-state index in [0.717, 1.165) is 16.9 Å². The molecule has 0 aliphatic carbocycles. The van der Waals surface area contributed by atoms with E-state index in [1.165, 1.54) is 6.26 Å². The van der Waals surface area contributed by atoms with Crippen LogP contribution in [0.1, 0.15) is 23.6 Å². The molecule has 0 aliphatic heterocycles. The molecule has 2 aromatic carbocycles. The molecule has 0 radical (unpaired) electrons. The Hall–Kier alpha value is -2.34. The van der Waals surface area contributed by atoms with Crippen LogP contribution in [0.5, 0.6) is 5.75 Å². The summed E-state index contributed by atoms with van der Waals surface area (Å²) in [6.07, 6.45) is 1.19. The summed E-state index contributed by atoms with van der Waals surface area (Å²) in [5.74, 6) is 1.12. The molecule has 8 nitrogen and oxygen atoms in total. The second-order valence-corrected chi connectivity index (χ2v) is 9.03. The van der Waals surface area contributed by atoms with Gasteiger partial charge in [0.25, 0.3) is 0 Å². The van der Waals surface area contributed by atoms with E-state index in [1.807, 2.05) is 37.3 Å². The summed E-state index contributed by atoms with van der Waals surface area (Å²) < 4.78 is 28.6. The van der Waals surface area contributed by atoms with Gasteiger partial charge in [0.15, 0.2) is 15.8 Å². The molecule has 0 aromatic heterocycles. The third-order valence-corrected chi connectivity index (χ3v) is 5.72. The highest BCUT2D eigenvalue weighted by atomic mass is 127. The van der Waals surface area contributed by atoms with Crippen molar-refractivity contribution in [3.05, 3.63) is 59.2 Å². The summed E-state index contributed by atoms with van der Waals surface area (Å²) in [5, 5.41) is 8.95. The Morgan fingerprint density at radius 3 is 2.25 bits per heavy atom. The molecule has 0 unspecified atom stereocenters. The quantitative estimate of drug-likeness (QED) is 0.241. The molecule has 0 aliphatic rings. The first-order valence-corrected chi connectivity index (χ1v) is 11.8.